The van der Waals surface area contributed by atoms with Gasteiger partial charge in [0.15, 0.2) is 0 Å². The number of hydrogen-bond donors (Lipinski definition) is 0. The summed E-state index contributed by atoms with van der Waals surface area (Å²) in [5.74, 6) is 0.239. The molecule has 29 heavy (non-hydrogen) atoms. The second kappa shape index (κ2) is 10.8. The molecule has 0 saturated carbocycles. The summed E-state index contributed by atoms with van der Waals surface area (Å²) in [6.07, 6.45) is 0. The van der Waals surface area contributed by atoms with Gasteiger partial charge in [0.2, 0.25) is 0 Å². The Morgan fingerprint density at radius 2 is 1.31 bits per heavy atom. The number of benzene rings is 3. The van der Waals surface area contributed by atoms with Crippen molar-refractivity contribution in [1.82, 2.24) is 4.90 Å². The second-order valence-corrected chi connectivity index (χ2v) is 6.81. The van der Waals surface area contributed by atoms with E-state index >= 15 is 0 Å². The van der Waals surface area contributed by atoms with E-state index in [1.54, 1.807) is 26.0 Å². The minimum atomic E-state index is -2.54. The monoisotopic (exact) mass is 409 g/mol. The van der Waals surface area contributed by atoms with Gasteiger partial charge in [0.25, 0.3) is 0 Å². The van der Waals surface area contributed by atoms with Crippen LogP contribution in [0, 0.1) is 0 Å². The highest BCUT2D eigenvalue weighted by Gasteiger charge is 2.12. The molecule has 150 valence electrons. The van der Waals surface area contributed by atoms with Crippen LogP contribution < -0.4 is 4.74 Å². The van der Waals surface area contributed by atoms with Crippen molar-refractivity contribution in [2.75, 3.05) is 26.1 Å². The Bertz CT molecular complexity index is 1070. The number of halogens is 1. The van der Waals surface area contributed by atoms with Gasteiger partial charge in [-0.2, -0.15) is 0 Å². The fourth-order valence-electron chi connectivity index (χ4n) is 2.97. The van der Waals surface area contributed by atoms with Crippen LogP contribution in [0.1, 0.15) is 36.0 Å². The molecule has 0 unspecified atom stereocenters. The Morgan fingerprint density at radius 3 is 1.86 bits per heavy atom. The quantitative estimate of drug-likeness (QED) is 0.371. The zero-order chi connectivity index (χ0) is 24.1. The van der Waals surface area contributed by atoms with Gasteiger partial charge >= 0.3 is 0 Å². The van der Waals surface area contributed by atoms with Gasteiger partial charge in [0.05, 0.1) is 7.77 Å². The maximum absolute atomic E-state index is 8.28. The highest BCUT2D eigenvalue weighted by atomic mass is 35.5. The first-order valence-electron chi connectivity index (χ1n) is 11.8. The van der Waals surface area contributed by atoms with E-state index in [9.17, 15) is 0 Å². The molecule has 0 amide bonds. The van der Waals surface area contributed by atoms with Crippen LogP contribution in [-0.4, -0.2) is 31.0 Å². The molecule has 0 N–H and O–H groups in total. The summed E-state index contributed by atoms with van der Waals surface area (Å²) in [5.41, 5.74) is 3.53. The Balaban J connectivity index is 1.97. The summed E-state index contributed by atoms with van der Waals surface area (Å²) in [7, 11) is 0. The molecule has 0 aliphatic rings. The molecule has 0 bridgehead atoms. The van der Waals surface area contributed by atoms with Crippen molar-refractivity contribution in [1.29, 1.82) is 0 Å². The first-order valence-corrected chi connectivity index (χ1v) is 10.1. The molecule has 0 aliphatic carbocycles. The van der Waals surface area contributed by atoms with E-state index in [-0.39, 0.29) is 5.75 Å². The largest absolute Gasteiger partial charge is 0.492 e. The van der Waals surface area contributed by atoms with E-state index in [1.165, 1.54) is 4.90 Å². The molecule has 3 aromatic carbocycles. The van der Waals surface area contributed by atoms with Crippen LogP contribution in [0.3, 0.4) is 0 Å². The van der Waals surface area contributed by atoms with Gasteiger partial charge in [0.1, 0.15) is 12.3 Å². The van der Waals surface area contributed by atoms with E-state index in [0.717, 1.165) is 22.3 Å². The summed E-state index contributed by atoms with van der Waals surface area (Å²) in [6.45, 7) is -0.509. The van der Waals surface area contributed by atoms with Gasteiger partial charge in [-0.3, -0.25) is 0 Å². The van der Waals surface area contributed by atoms with Crippen molar-refractivity contribution in [2.45, 2.75) is 13.8 Å². The van der Waals surface area contributed by atoms with Crippen molar-refractivity contribution < 1.29 is 10.2 Å². The molecular weight excluding hydrogens is 378 g/mol. The number of ether oxygens (including phenoxy) is 1. The molecule has 2 nitrogen and oxygen atoms in total. The van der Waals surface area contributed by atoms with Crippen molar-refractivity contribution in [3.8, 4) is 5.75 Å². The minimum absolute atomic E-state index is 0.239. The average molecular weight is 410 g/mol. The zero-order valence-corrected chi connectivity index (χ0v) is 17.5. The van der Waals surface area contributed by atoms with Crippen molar-refractivity contribution >= 4 is 22.2 Å². The van der Waals surface area contributed by atoms with Crippen molar-refractivity contribution in [2.24, 2.45) is 0 Å². The zero-order valence-electron chi connectivity index (χ0n) is 20.7. The van der Waals surface area contributed by atoms with Crippen molar-refractivity contribution in [3.63, 3.8) is 0 Å². The van der Waals surface area contributed by atoms with Gasteiger partial charge in [-0.05, 0) is 41.9 Å². The average Bonchev–Trinajstić information content (AvgIpc) is 2.82. The van der Waals surface area contributed by atoms with E-state index in [4.69, 9.17) is 21.8 Å². The highest BCUT2D eigenvalue weighted by Crippen LogP contribution is 2.35. The summed E-state index contributed by atoms with van der Waals surface area (Å²) < 4.78 is 38.6. The van der Waals surface area contributed by atoms with Crippen LogP contribution in [0.4, 0.5) is 0 Å². The molecule has 3 rings (SSSR count). The predicted molar refractivity (Wildman–Crippen MR) is 124 cm³/mol. The fraction of sp³-hybridized carbons (Fsp3) is 0.231. The van der Waals surface area contributed by atoms with E-state index in [1.807, 2.05) is 72.8 Å². The Labute approximate surface area is 185 Å². The van der Waals surface area contributed by atoms with Gasteiger partial charge in [-0.1, -0.05) is 98.2 Å². The molecule has 3 aromatic rings. The lowest BCUT2D eigenvalue weighted by Crippen LogP contribution is -2.27. The maximum atomic E-state index is 8.28. The minimum Gasteiger partial charge on any atom is -0.492 e. The summed E-state index contributed by atoms with van der Waals surface area (Å²) in [4.78, 5) is 1.40. The van der Waals surface area contributed by atoms with Crippen LogP contribution in [-0.2, 0) is 0 Å². The number of likely N-dealkylation sites (N-methyl/N-ethyl adjacent to an activating group) is 1. The molecule has 0 aromatic heterocycles. The third-order valence-electron chi connectivity index (χ3n) is 4.59. The van der Waals surface area contributed by atoms with Crippen LogP contribution in [0.25, 0.3) is 10.6 Å². The molecule has 3 heteroatoms. The van der Waals surface area contributed by atoms with Gasteiger partial charge < -0.3 is 9.64 Å². The van der Waals surface area contributed by atoms with E-state index < -0.39 is 13.1 Å². The summed E-state index contributed by atoms with van der Waals surface area (Å²) in [5, 5.41) is 0.601. The molecule has 0 radical (unpaired) electrons. The maximum Gasteiger partial charge on any atom is 0.119 e. The fourth-order valence-corrected chi connectivity index (χ4v) is 3.32. The van der Waals surface area contributed by atoms with E-state index in [2.05, 4.69) is 0 Å². The van der Waals surface area contributed by atoms with Gasteiger partial charge in [0, 0.05) is 14.8 Å². The Morgan fingerprint density at radius 1 is 0.793 bits per heavy atom. The molecular formula is C26H28ClNO. The van der Waals surface area contributed by atoms with E-state index in [0.29, 0.717) is 18.1 Å². The predicted octanol–water partition coefficient (Wildman–Crippen LogP) is 6.56. The van der Waals surface area contributed by atoms with Crippen molar-refractivity contribution in [3.05, 3.63) is 102 Å². The third-order valence-corrected chi connectivity index (χ3v) is 5.00. The first-order chi connectivity index (χ1) is 15.7. The molecule has 0 spiro atoms. The lowest BCUT2D eigenvalue weighted by Gasteiger charge is -2.18. The summed E-state index contributed by atoms with van der Waals surface area (Å²) >= 11 is 6.85. The lowest BCUT2D eigenvalue weighted by atomic mass is 9.95. The third kappa shape index (κ3) is 5.72. The topological polar surface area (TPSA) is 12.5 Å². The Hall–Kier alpha value is -2.55. The molecule has 0 atom stereocenters. The molecule has 0 aliphatic heterocycles. The number of rotatable bonds is 9. The first kappa shape index (κ1) is 16.3. The standard InChI is InChI=1S/C26H28ClNO/c1-3-28(4-2)19-20-29-24-17-15-22(16-18-24)25(21-11-7-5-8-12-21)26(27)23-13-9-6-10-14-23/h5-18H,3-4,19-20H2,1-2H3/b26-25-/i19D2,20D2. The smallest absolute Gasteiger partial charge is 0.119 e. The second-order valence-electron chi connectivity index (χ2n) is 6.43. The molecule has 0 heterocycles. The van der Waals surface area contributed by atoms with Crippen LogP contribution >= 0.6 is 11.6 Å². The van der Waals surface area contributed by atoms with Gasteiger partial charge in [-0.25, -0.2) is 0 Å². The lowest BCUT2D eigenvalue weighted by molar-refractivity contribution is 0.223. The Kier molecular flexibility index (Phi) is 6.09. The van der Waals surface area contributed by atoms with Crippen LogP contribution in [0.15, 0.2) is 84.9 Å². The highest BCUT2D eigenvalue weighted by molar-refractivity contribution is 6.53. The van der Waals surface area contributed by atoms with Crippen LogP contribution in [0.5, 0.6) is 5.75 Å². The number of nitrogens with zero attached hydrogens (tertiary/aromatic N) is 1. The van der Waals surface area contributed by atoms with Gasteiger partial charge in [-0.15, -0.1) is 0 Å². The van der Waals surface area contributed by atoms with Crippen LogP contribution in [0.2, 0.25) is 0 Å². The normalized spacial score (nSPS) is 15.0. The SMILES string of the molecule is [2H]C([2H])(Oc1ccc(/C(=C(\Cl)c2ccccc2)c2ccccc2)cc1)C([2H])([2H])N(CC)CC. The molecule has 0 fully saturated rings. The molecule has 0 saturated heterocycles. The number of hydrogen-bond acceptors (Lipinski definition) is 2. The summed E-state index contributed by atoms with van der Waals surface area (Å²) in [6, 6.07) is 26.4.